The lowest BCUT2D eigenvalue weighted by atomic mass is 10.00. The van der Waals surface area contributed by atoms with Gasteiger partial charge in [0.2, 0.25) is 59.1 Å². The SMILES string of the molecule is CSCC[C@H](NC(=O)[C@H](CCSC)NC(=O)[C@@H](N)CS)C(=O)N[C@@H](CC(N)=O)C(=O)N[C@H](C(=O)N[C@@H](CO)C(=O)N[C@@H](CS)C(=O)N[C@@H](CCSC)C(=O)N[C@H](C(=O)N[C@@H](CC(C)C)C(=O)O)C(C)C)[C@@H](C)O. The predicted octanol–water partition coefficient (Wildman–Crippen LogP) is -4.17. The summed E-state index contributed by atoms with van der Waals surface area (Å²) in [5.41, 5.74) is 11.2. The summed E-state index contributed by atoms with van der Waals surface area (Å²) in [6.07, 6.45) is 3.10. The molecule has 0 aromatic carbocycles. The van der Waals surface area contributed by atoms with Crippen LogP contribution in [0.25, 0.3) is 0 Å². The van der Waals surface area contributed by atoms with E-state index in [4.69, 9.17) is 11.5 Å². The van der Waals surface area contributed by atoms with Crippen molar-refractivity contribution in [2.75, 3.05) is 54.1 Å². The van der Waals surface area contributed by atoms with Gasteiger partial charge in [-0.2, -0.15) is 60.5 Å². The Balaban J connectivity index is 6.27. The van der Waals surface area contributed by atoms with Gasteiger partial charge in [0.15, 0.2) is 0 Å². The lowest BCUT2D eigenvalue weighted by Gasteiger charge is -2.28. The minimum absolute atomic E-state index is 0.00766. The monoisotopic (exact) mass is 1130 g/mol. The van der Waals surface area contributed by atoms with E-state index in [2.05, 4.69) is 73.1 Å². The number of aliphatic hydroxyl groups excluding tert-OH is 2. The maximum absolute atomic E-state index is 13.7. The van der Waals surface area contributed by atoms with Crippen molar-refractivity contribution in [1.29, 1.82) is 0 Å². The number of carboxylic acid groups (broad SMARTS) is 1. The third kappa shape index (κ3) is 26.2. The summed E-state index contributed by atoms with van der Waals surface area (Å²) in [7, 11) is 0. The van der Waals surface area contributed by atoms with Gasteiger partial charge < -0.3 is 74.6 Å². The van der Waals surface area contributed by atoms with Crippen LogP contribution in [0.1, 0.15) is 66.7 Å². The van der Waals surface area contributed by atoms with Crippen LogP contribution >= 0.6 is 60.5 Å². The van der Waals surface area contributed by atoms with Gasteiger partial charge >= 0.3 is 5.97 Å². The molecule has 418 valence electrons. The van der Waals surface area contributed by atoms with Gasteiger partial charge in [-0.05, 0) is 80.5 Å². The van der Waals surface area contributed by atoms with E-state index >= 15 is 0 Å². The summed E-state index contributed by atoms with van der Waals surface area (Å²) in [6, 6.07) is -14.1. The second-order valence-electron chi connectivity index (χ2n) is 17.5. The third-order valence-corrected chi connectivity index (χ3v) is 13.3. The van der Waals surface area contributed by atoms with E-state index in [1.807, 2.05) is 0 Å². The molecule has 0 aromatic heterocycles. The van der Waals surface area contributed by atoms with E-state index in [1.165, 1.54) is 35.3 Å². The molecule has 0 saturated carbocycles. The lowest BCUT2D eigenvalue weighted by molar-refractivity contribution is -0.143. The molecule has 0 aromatic rings. The molecule has 0 fully saturated rings. The number of primary amides is 1. The van der Waals surface area contributed by atoms with Gasteiger partial charge in [-0.1, -0.05) is 27.7 Å². The number of carbonyl (C=O) groups is 11. The molecule has 25 nitrogen and oxygen atoms in total. The lowest BCUT2D eigenvalue weighted by Crippen LogP contribution is -2.63. The van der Waals surface area contributed by atoms with Crippen molar-refractivity contribution in [1.82, 2.24) is 47.9 Å². The minimum atomic E-state index is -1.90. The number of nitrogens with two attached hydrogens (primary N) is 2. The maximum Gasteiger partial charge on any atom is 0.326 e. The number of carboxylic acids is 1. The number of nitrogens with one attached hydrogen (secondary N) is 9. The molecular formula is C43H77N11O14S5. The Morgan fingerprint density at radius 3 is 1.23 bits per heavy atom. The van der Waals surface area contributed by atoms with Gasteiger partial charge in [-0.15, -0.1) is 0 Å². The first-order valence-corrected chi connectivity index (χ1v) is 28.7. The van der Waals surface area contributed by atoms with E-state index < -0.39 is 151 Å². The van der Waals surface area contributed by atoms with Crippen LogP contribution in [0, 0.1) is 11.8 Å². The summed E-state index contributed by atoms with van der Waals surface area (Å²) < 4.78 is 0. The van der Waals surface area contributed by atoms with Crippen molar-refractivity contribution >= 4 is 126 Å². The van der Waals surface area contributed by atoms with Crippen LogP contribution in [0.15, 0.2) is 0 Å². The zero-order chi connectivity index (χ0) is 56.1. The smallest absolute Gasteiger partial charge is 0.326 e. The maximum atomic E-state index is 13.7. The summed E-state index contributed by atoms with van der Waals surface area (Å²) >= 11 is 12.2. The Morgan fingerprint density at radius 2 is 0.849 bits per heavy atom. The number of carbonyl (C=O) groups excluding carboxylic acids is 10. The Hall–Kier alpha value is -4.20. The zero-order valence-corrected chi connectivity index (χ0v) is 46.6. The molecule has 11 atom stereocenters. The highest BCUT2D eigenvalue weighted by Crippen LogP contribution is 2.11. The van der Waals surface area contributed by atoms with Crippen molar-refractivity contribution in [3.05, 3.63) is 0 Å². The normalized spacial score (nSPS) is 15.8. The van der Waals surface area contributed by atoms with E-state index in [1.54, 1.807) is 46.5 Å². The van der Waals surface area contributed by atoms with E-state index in [9.17, 15) is 68.1 Å². The van der Waals surface area contributed by atoms with Crippen LogP contribution in [0.2, 0.25) is 0 Å². The van der Waals surface area contributed by atoms with Gasteiger partial charge in [-0.3, -0.25) is 47.9 Å². The quantitative estimate of drug-likeness (QED) is 0.0263. The van der Waals surface area contributed by atoms with Crippen LogP contribution in [0.4, 0.5) is 0 Å². The minimum Gasteiger partial charge on any atom is -0.480 e. The second-order valence-corrected chi connectivity index (χ2v) is 21.2. The second kappa shape index (κ2) is 36.7. The van der Waals surface area contributed by atoms with E-state index in [0.29, 0.717) is 17.3 Å². The molecule has 0 saturated heterocycles. The Bertz CT molecular complexity index is 1860. The van der Waals surface area contributed by atoms with Crippen molar-refractivity contribution in [3.8, 4) is 0 Å². The molecule has 0 unspecified atom stereocenters. The zero-order valence-electron chi connectivity index (χ0n) is 42.4. The highest BCUT2D eigenvalue weighted by atomic mass is 32.2. The first kappa shape index (κ1) is 68.8. The number of rotatable bonds is 37. The predicted molar refractivity (Wildman–Crippen MR) is 287 cm³/mol. The summed E-state index contributed by atoms with van der Waals surface area (Å²) in [5.74, 6) is -10.6. The van der Waals surface area contributed by atoms with Gasteiger partial charge in [0, 0.05) is 11.5 Å². The molecule has 16 N–H and O–H groups in total. The Labute approximate surface area is 450 Å². The van der Waals surface area contributed by atoms with Crippen LogP contribution in [0.3, 0.4) is 0 Å². The molecule has 0 heterocycles. The third-order valence-electron chi connectivity index (χ3n) is 10.6. The molecule has 30 heteroatoms. The molecular weight excluding hydrogens is 1050 g/mol. The fourth-order valence-corrected chi connectivity index (χ4v) is 8.26. The van der Waals surface area contributed by atoms with Gasteiger partial charge in [0.1, 0.15) is 54.4 Å². The van der Waals surface area contributed by atoms with E-state index in [-0.39, 0.29) is 43.1 Å². The molecule has 0 spiro atoms. The average molecular weight is 1130 g/mol. The summed E-state index contributed by atoms with van der Waals surface area (Å²) in [6.45, 7) is 6.84. The van der Waals surface area contributed by atoms with E-state index in [0.717, 1.165) is 6.92 Å². The standard InChI is InChI=1S/C43H77N11O14S5/c1-20(2)15-28(43(67)68)50-41(65)32(21(3)4)53-37(61)26(11-14-73-8)48-40(64)30(19-70)52-39(63)29(17-55)51-42(66)33(22(5)56)54-38(62)27(16-31(45)57)49-36(60)25(10-13-72-7)47-35(59)24(9-12-71-6)46-34(58)23(44)18-69/h20-30,32-33,55-56,69-70H,9-19,44H2,1-8H3,(H2,45,57)(H,46,58)(H,47,59)(H,48,64)(H,49,60)(H,50,65)(H,51,66)(H,52,63)(H,53,61)(H,54,62)(H,67,68)/t22-,23+,24+,25+,26+,27+,28+,29+,30+,32+,33+/m1/s1. The van der Waals surface area contributed by atoms with Crippen molar-refractivity contribution in [3.63, 3.8) is 0 Å². The number of thioether (sulfide) groups is 3. The highest BCUT2D eigenvalue weighted by Gasteiger charge is 2.37. The first-order valence-electron chi connectivity index (χ1n) is 23.2. The van der Waals surface area contributed by atoms with Gasteiger partial charge in [0.25, 0.3) is 0 Å². The van der Waals surface area contributed by atoms with Crippen molar-refractivity contribution in [2.24, 2.45) is 23.3 Å². The molecule has 0 aliphatic carbocycles. The molecule has 0 rings (SSSR count). The number of aliphatic carboxylic acids is 1. The summed E-state index contributed by atoms with van der Waals surface area (Å²) in [4.78, 5) is 145. The molecule has 0 aliphatic rings. The largest absolute Gasteiger partial charge is 0.480 e. The molecule has 10 amide bonds. The fourth-order valence-electron chi connectivity index (χ4n) is 6.43. The van der Waals surface area contributed by atoms with Crippen LogP contribution < -0.4 is 59.3 Å². The molecule has 0 aliphatic heterocycles. The summed E-state index contributed by atoms with van der Waals surface area (Å²) in [5, 5.41) is 52.2. The number of aliphatic hydroxyl groups is 2. The molecule has 0 radical (unpaired) electrons. The molecule has 73 heavy (non-hydrogen) atoms. The topological polar surface area (TPSA) is 409 Å². The number of hydrogen-bond acceptors (Lipinski definition) is 19. The van der Waals surface area contributed by atoms with Gasteiger partial charge in [-0.25, -0.2) is 4.79 Å². The number of amides is 10. The highest BCUT2D eigenvalue weighted by molar-refractivity contribution is 7.99. The van der Waals surface area contributed by atoms with Crippen LogP contribution in [-0.2, 0) is 52.7 Å². The number of thiol groups is 2. The van der Waals surface area contributed by atoms with Crippen LogP contribution in [0.5, 0.6) is 0 Å². The average Bonchev–Trinajstić information content (AvgIpc) is 3.32. The van der Waals surface area contributed by atoms with Gasteiger partial charge in [0.05, 0.1) is 25.2 Å². The Kier molecular flexibility index (Phi) is 34.6. The molecule has 0 bridgehead atoms. The van der Waals surface area contributed by atoms with Crippen molar-refractivity contribution in [2.45, 2.75) is 133 Å². The van der Waals surface area contributed by atoms with Crippen molar-refractivity contribution < 1.29 is 68.1 Å². The Morgan fingerprint density at radius 1 is 0.493 bits per heavy atom. The fraction of sp³-hybridized carbons (Fsp3) is 0.744. The number of hydrogen-bond donors (Lipinski definition) is 16. The van der Waals surface area contributed by atoms with Crippen LogP contribution in [-0.4, -0.2) is 201 Å². The first-order chi connectivity index (χ1) is 34.2.